The summed E-state index contributed by atoms with van der Waals surface area (Å²) in [6.07, 6.45) is 1.06. The van der Waals surface area contributed by atoms with Gasteiger partial charge < -0.3 is 10.6 Å². The first kappa shape index (κ1) is 17.1. The smallest absolute Gasteiger partial charge is 0.239 e. The molecule has 2 N–H and O–H groups in total. The Kier molecular flexibility index (Phi) is 6.29. The molecule has 0 unspecified atom stereocenters. The van der Waals surface area contributed by atoms with Crippen molar-refractivity contribution in [1.82, 2.24) is 15.6 Å². The fourth-order valence-electron chi connectivity index (χ4n) is 1.95. The standard InChI is InChI=1S/C17H21N3O2S/c1-3-15(21)19-10-16(22)18-9-8-14-11-23-17(20-14)13-6-4-12(2)5-7-13/h4-7,11H,3,8-10H2,1-2H3,(H,18,22)(H,19,21). The monoisotopic (exact) mass is 331 g/mol. The zero-order chi connectivity index (χ0) is 16.7. The van der Waals surface area contributed by atoms with E-state index in [0.29, 0.717) is 19.4 Å². The third-order valence-corrected chi connectivity index (χ3v) is 4.26. The van der Waals surface area contributed by atoms with E-state index in [-0.39, 0.29) is 18.4 Å². The molecular weight excluding hydrogens is 310 g/mol. The van der Waals surface area contributed by atoms with Crippen molar-refractivity contribution in [2.24, 2.45) is 0 Å². The van der Waals surface area contributed by atoms with Gasteiger partial charge in [0, 0.05) is 30.3 Å². The molecule has 0 spiro atoms. The molecule has 2 amide bonds. The molecule has 1 aromatic carbocycles. The molecule has 0 bridgehead atoms. The SMILES string of the molecule is CCC(=O)NCC(=O)NCCc1csc(-c2ccc(C)cc2)n1. The highest BCUT2D eigenvalue weighted by atomic mass is 32.1. The summed E-state index contributed by atoms with van der Waals surface area (Å²) >= 11 is 1.60. The number of benzene rings is 1. The Bertz CT molecular complexity index is 665. The van der Waals surface area contributed by atoms with Gasteiger partial charge in [0.2, 0.25) is 11.8 Å². The minimum Gasteiger partial charge on any atom is -0.354 e. The fourth-order valence-corrected chi connectivity index (χ4v) is 2.81. The van der Waals surface area contributed by atoms with Crippen LogP contribution in [0.25, 0.3) is 10.6 Å². The second kappa shape index (κ2) is 8.43. The van der Waals surface area contributed by atoms with Gasteiger partial charge in [-0.2, -0.15) is 0 Å². The fraction of sp³-hybridized carbons (Fsp3) is 0.353. The van der Waals surface area contributed by atoms with E-state index in [4.69, 9.17) is 0 Å². The molecule has 0 fully saturated rings. The molecule has 0 aliphatic carbocycles. The van der Waals surface area contributed by atoms with E-state index in [0.717, 1.165) is 16.3 Å². The van der Waals surface area contributed by atoms with Crippen molar-refractivity contribution in [3.63, 3.8) is 0 Å². The van der Waals surface area contributed by atoms with Gasteiger partial charge in [-0.05, 0) is 6.92 Å². The molecule has 5 nitrogen and oxygen atoms in total. The number of carbonyl (C=O) groups excluding carboxylic acids is 2. The van der Waals surface area contributed by atoms with Crippen LogP contribution in [0.1, 0.15) is 24.6 Å². The Morgan fingerprint density at radius 1 is 1.13 bits per heavy atom. The van der Waals surface area contributed by atoms with Gasteiger partial charge in [0.05, 0.1) is 12.2 Å². The first-order valence-corrected chi connectivity index (χ1v) is 8.51. The van der Waals surface area contributed by atoms with Crippen LogP contribution in [0.4, 0.5) is 0 Å². The van der Waals surface area contributed by atoms with Crippen LogP contribution in [0.2, 0.25) is 0 Å². The third-order valence-electron chi connectivity index (χ3n) is 3.32. The Morgan fingerprint density at radius 3 is 2.57 bits per heavy atom. The largest absolute Gasteiger partial charge is 0.354 e. The lowest BCUT2D eigenvalue weighted by Crippen LogP contribution is -2.37. The normalized spacial score (nSPS) is 10.3. The van der Waals surface area contributed by atoms with E-state index in [9.17, 15) is 9.59 Å². The highest BCUT2D eigenvalue weighted by Gasteiger charge is 2.06. The van der Waals surface area contributed by atoms with Gasteiger partial charge in [0.25, 0.3) is 0 Å². The van der Waals surface area contributed by atoms with Crippen molar-refractivity contribution in [3.8, 4) is 10.6 Å². The number of aryl methyl sites for hydroxylation is 1. The number of nitrogens with zero attached hydrogens (tertiary/aromatic N) is 1. The van der Waals surface area contributed by atoms with Crippen molar-refractivity contribution in [3.05, 3.63) is 40.9 Å². The Labute approximate surface area is 140 Å². The molecule has 0 aliphatic rings. The number of hydrogen-bond donors (Lipinski definition) is 2. The first-order chi connectivity index (χ1) is 11.1. The number of hydrogen-bond acceptors (Lipinski definition) is 4. The van der Waals surface area contributed by atoms with Gasteiger partial charge >= 0.3 is 0 Å². The molecule has 0 saturated heterocycles. The van der Waals surface area contributed by atoms with E-state index < -0.39 is 0 Å². The zero-order valence-electron chi connectivity index (χ0n) is 13.4. The lowest BCUT2D eigenvalue weighted by Gasteiger charge is -2.05. The lowest BCUT2D eigenvalue weighted by atomic mass is 10.2. The summed E-state index contributed by atoms with van der Waals surface area (Å²) < 4.78 is 0. The molecule has 0 atom stereocenters. The second-order valence-electron chi connectivity index (χ2n) is 5.24. The van der Waals surface area contributed by atoms with Crippen molar-refractivity contribution in [2.45, 2.75) is 26.7 Å². The summed E-state index contributed by atoms with van der Waals surface area (Å²) in [6.45, 7) is 4.35. The third kappa shape index (κ3) is 5.49. The summed E-state index contributed by atoms with van der Waals surface area (Å²) in [7, 11) is 0. The molecule has 0 radical (unpaired) electrons. The topological polar surface area (TPSA) is 71.1 Å². The van der Waals surface area contributed by atoms with Gasteiger partial charge in [-0.25, -0.2) is 4.98 Å². The highest BCUT2D eigenvalue weighted by Crippen LogP contribution is 2.23. The predicted molar refractivity (Wildman–Crippen MR) is 92.3 cm³/mol. The molecule has 1 aromatic heterocycles. The Morgan fingerprint density at radius 2 is 1.87 bits per heavy atom. The Hall–Kier alpha value is -2.21. The molecule has 1 heterocycles. The molecule has 6 heteroatoms. The van der Waals surface area contributed by atoms with Gasteiger partial charge in [0.15, 0.2) is 0 Å². The van der Waals surface area contributed by atoms with Crippen LogP contribution in [0, 0.1) is 6.92 Å². The average Bonchev–Trinajstić information content (AvgIpc) is 3.02. The van der Waals surface area contributed by atoms with Crippen LogP contribution in [0.3, 0.4) is 0 Å². The number of nitrogens with one attached hydrogen (secondary N) is 2. The number of thiazole rings is 1. The highest BCUT2D eigenvalue weighted by molar-refractivity contribution is 7.13. The van der Waals surface area contributed by atoms with Crippen LogP contribution >= 0.6 is 11.3 Å². The minimum atomic E-state index is -0.180. The van der Waals surface area contributed by atoms with E-state index >= 15 is 0 Å². The quantitative estimate of drug-likeness (QED) is 0.818. The predicted octanol–water partition coefficient (Wildman–Crippen LogP) is 2.30. The van der Waals surface area contributed by atoms with E-state index in [1.807, 2.05) is 5.38 Å². The molecule has 0 saturated carbocycles. The summed E-state index contributed by atoms with van der Waals surface area (Å²) in [5.74, 6) is -0.303. The molecule has 122 valence electrons. The van der Waals surface area contributed by atoms with Crippen LogP contribution in [-0.4, -0.2) is 29.9 Å². The van der Waals surface area contributed by atoms with Crippen molar-refractivity contribution in [2.75, 3.05) is 13.1 Å². The Balaban J connectivity index is 1.78. The molecule has 2 aromatic rings. The average molecular weight is 331 g/mol. The summed E-state index contributed by atoms with van der Waals surface area (Å²) in [4.78, 5) is 27.2. The van der Waals surface area contributed by atoms with Crippen LogP contribution < -0.4 is 10.6 Å². The number of rotatable bonds is 7. The van der Waals surface area contributed by atoms with Crippen LogP contribution in [0.15, 0.2) is 29.6 Å². The van der Waals surface area contributed by atoms with Gasteiger partial charge in [-0.15, -0.1) is 11.3 Å². The van der Waals surface area contributed by atoms with Crippen LogP contribution in [0.5, 0.6) is 0 Å². The first-order valence-electron chi connectivity index (χ1n) is 7.63. The molecule has 2 rings (SSSR count). The van der Waals surface area contributed by atoms with Gasteiger partial charge in [0.1, 0.15) is 5.01 Å². The maximum absolute atomic E-state index is 11.6. The van der Waals surface area contributed by atoms with E-state index in [2.05, 4.69) is 46.8 Å². The number of amides is 2. The number of aromatic nitrogens is 1. The van der Waals surface area contributed by atoms with E-state index in [1.54, 1.807) is 18.3 Å². The lowest BCUT2D eigenvalue weighted by molar-refractivity contribution is -0.125. The molecule has 23 heavy (non-hydrogen) atoms. The summed E-state index contributed by atoms with van der Waals surface area (Å²) in [5, 5.41) is 8.33. The van der Waals surface area contributed by atoms with Gasteiger partial charge in [-0.3, -0.25) is 9.59 Å². The van der Waals surface area contributed by atoms with Gasteiger partial charge in [-0.1, -0.05) is 36.8 Å². The van der Waals surface area contributed by atoms with Crippen molar-refractivity contribution < 1.29 is 9.59 Å². The van der Waals surface area contributed by atoms with Crippen LogP contribution in [-0.2, 0) is 16.0 Å². The summed E-state index contributed by atoms with van der Waals surface area (Å²) in [5.41, 5.74) is 3.30. The minimum absolute atomic E-state index is 0.0261. The number of carbonyl (C=O) groups is 2. The van der Waals surface area contributed by atoms with E-state index in [1.165, 1.54) is 5.56 Å². The van der Waals surface area contributed by atoms with Crippen molar-refractivity contribution in [1.29, 1.82) is 0 Å². The maximum atomic E-state index is 11.6. The second-order valence-corrected chi connectivity index (χ2v) is 6.10. The molecule has 0 aliphatic heterocycles. The molecular formula is C17H21N3O2S. The maximum Gasteiger partial charge on any atom is 0.239 e. The van der Waals surface area contributed by atoms with Crippen molar-refractivity contribution >= 4 is 23.2 Å². The zero-order valence-corrected chi connectivity index (χ0v) is 14.2. The summed E-state index contributed by atoms with van der Waals surface area (Å²) in [6, 6.07) is 8.27.